The Morgan fingerprint density at radius 1 is 1.60 bits per heavy atom. The summed E-state index contributed by atoms with van der Waals surface area (Å²) in [6.07, 6.45) is 2.78. The molecule has 2 N–H and O–H groups in total. The molecule has 0 aliphatic carbocycles. The van der Waals surface area contributed by atoms with Crippen LogP contribution in [0.15, 0.2) is 18.3 Å². The monoisotopic (exact) mass is 208 g/mol. The third kappa shape index (κ3) is 2.29. The number of rotatable bonds is 4. The van der Waals surface area contributed by atoms with Crippen molar-refractivity contribution in [2.75, 3.05) is 7.11 Å². The second-order valence-electron chi connectivity index (χ2n) is 4.15. The Morgan fingerprint density at radius 2 is 2.27 bits per heavy atom. The maximum atomic E-state index is 6.33. The van der Waals surface area contributed by atoms with Crippen LogP contribution in [0.1, 0.15) is 32.9 Å². The van der Waals surface area contributed by atoms with E-state index < -0.39 is 5.54 Å². The molecule has 1 rings (SSSR count). The van der Waals surface area contributed by atoms with Crippen molar-refractivity contribution in [2.24, 2.45) is 11.7 Å². The zero-order valence-electron chi connectivity index (χ0n) is 9.95. The first-order valence-electron chi connectivity index (χ1n) is 5.32. The highest BCUT2D eigenvalue weighted by Gasteiger charge is 2.31. The molecule has 3 nitrogen and oxygen atoms in total. The molecule has 0 fully saturated rings. The van der Waals surface area contributed by atoms with Crippen molar-refractivity contribution >= 4 is 0 Å². The minimum Gasteiger partial charge on any atom is -0.495 e. The largest absolute Gasteiger partial charge is 0.495 e. The quantitative estimate of drug-likeness (QED) is 0.826. The first kappa shape index (κ1) is 12.0. The molecular weight excluding hydrogens is 188 g/mol. The van der Waals surface area contributed by atoms with Crippen molar-refractivity contribution in [3.05, 3.63) is 24.0 Å². The molecule has 0 aliphatic heterocycles. The van der Waals surface area contributed by atoms with Crippen molar-refractivity contribution in [1.82, 2.24) is 4.98 Å². The fraction of sp³-hybridized carbons (Fsp3) is 0.583. The average molecular weight is 208 g/mol. The van der Waals surface area contributed by atoms with Gasteiger partial charge >= 0.3 is 0 Å². The lowest BCUT2D eigenvalue weighted by Gasteiger charge is -2.31. The van der Waals surface area contributed by atoms with Gasteiger partial charge < -0.3 is 10.5 Å². The van der Waals surface area contributed by atoms with Crippen LogP contribution >= 0.6 is 0 Å². The standard InChI is InChI=1S/C12H20N2O/c1-5-9(2)12(3,13)11-10(15-4)7-6-8-14-11/h6-9H,5,13H2,1-4H3. The molecule has 0 spiro atoms. The van der Waals surface area contributed by atoms with Gasteiger partial charge in [-0.25, -0.2) is 0 Å². The van der Waals surface area contributed by atoms with E-state index in [4.69, 9.17) is 10.5 Å². The van der Waals surface area contributed by atoms with Crippen LogP contribution in [-0.2, 0) is 5.54 Å². The number of methoxy groups -OCH3 is 1. The molecule has 0 bridgehead atoms. The Bertz CT molecular complexity index is 323. The Balaban J connectivity index is 3.13. The van der Waals surface area contributed by atoms with Crippen LogP contribution in [0.4, 0.5) is 0 Å². The van der Waals surface area contributed by atoms with E-state index in [1.807, 2.05) is 19.1 Å². The number of hydrogen-bond donors (Lipinski definition) is 1. The average Bonchev–Trinajstić information content (AvgIpc) is 2.27. The highest BCUT2D eigenvalue weighted by molar-refractivity contribution is 5.32. The topological polar surface area (TPSA) is 48.1 Å². The summed E-state index contributed by atoms with van der Waals surface area (Å²) in [4.78, 5) is 4.34. The van der Waals surface area contributed by atoms with Crippen molar-refractivity contribution in [3.63, 3.8) is 0 Å². The third-order valence-corrected chi connectivity index (χ3v) is 3.14. The summed E-state index contributed by atoms with van der Waals surface area (Å²) in [5.74, 6) is 1.13. The number of pyridine rings is 1. The van der Waals surface area contributed by atoms with E-state index in [9.17, 15) is 0 Å². The van der Waals surface area contributed by atoms with Crippen LogP contribution in [0.25, 0.3) is 0 Å². The summed E-state index contributed by atoms with van der Waals surface area (Å²) >= 11 is 0. The molecule has 3 heteroatoms. The maximum Gasteiger partial charge on any atom is 0.142 e. The molecule has 0 radical (unpaired) electrons. The van der Waals surface area contributed by atoms with Crippen LogP contribution in [0.2, 0.25) is 0 Å². The van der Waals surface area contributed by atoms with Gasteiger partial charge in [-0.1, -0.05) is 20.3 Å². The maximum absolute atomic E-state index is 6.33. The van der Waals surface area contributed by atoms with Crippen LogP contribution in [0.5, 0.6) is 5.75 Å². The highest BCUT2D eigenvalue weighted by Crippen LogP contribution is 2.32. The van der Waals surface area contributed by atoms with Gasteiger partial charge in [0.05, 0.1) is 12.6 Å². The summed E-state index contributed by atoms with van der Waals surface area (Å²) in [5, 5.41) is 0. The van der Waals surface area contributed by atoms with E-state index >= 15 is 0 Å². The number of aromatic nitrogens is 1. The summed E-state index contributed by atoms with van der Waals surface area (Å²) in [6.45, 7) is 6.27. The molecule has 1 aromatic heterocycles. The predicted molar refractivity (Wildman–Crippen MR) is 61.8 cm³/mol. The molecule has 0 aliphatic rings. The third-order valence-electron chi connectivity index (χ3n) is 3.14. The number of nitrogens with two attached hydrogens (primary N) is 1. The first-order valence-corrected chi connectivity index (χ1v) is 5.32. The molecule has 15 heavy (non-hydrogen) atoms. The molecule has 84 valence electrons. The summed E-state index contributed by atoms with van der Waals surface area (Å²) in [7, 11) is 1.65. The van der Waals surface area contributed by atoms with Crippen LogP contribution in [0.3, 0.4) is 0 Å². The van der Waals surface area contributed by atoms with Gasteiger partial charge in [-0.2, -0.15) is 0 Å². The lowest BCUT2D eigenvalue weighted by Crippen LogP contribution is -2.40. The van der Waals surface area contributed by atoms with E-state index in [2.05, 4.69) is 18.8 Å². The summed E-state index contributed by atoms with van der Waals surface area (Å²) in [5.41, 5.74) is 6.72. The van der Waals surface area contributed by atoms with Gasteiger partial charge in [-0.3, -0.25) is 4.98 Å². The van der Waals surface area contributed by atoms with E-state index in [0.29, 0.717) is 5.92 Å². The molecule has 1 heterocycles. The molecule has 1 aromatic rings. The highest BCUT2D eigenvalue weighted by atomic mass is 16.5. The summed E-state index contributed by atoms with van der Waals surface area (Å²) < 4.78 is 5.28. The van der Waals surface area contributed by atoms with Gasteiger partial charge in [0.1, 0.15) is 11.4 Å². The lowest BCUT2D eigenvalue weighted by molar-refractivity contribution is 0.291. The van der Waals surface area contributed by atoms with Crippen LogP contribution in [0, 0.1) is 5.92 Å². The van der Waals surface area contributed by atoms with E-state index in [1.54, 1.807) is 13.3 Å². The van der Waals surface area contributed by atoms with Crippen molar-refractivity contribution in [1.29, 1.82) is 0 Å². The Hall–Kier alpha value is -1.09. The fourth-order valence-corrected chi connectivity index (χ4v) is 1.62. The second-order valence-corrected chi connectivity index (χ2v) is 4.15. The van der Waals surface area contributed by atoms with Gasteiger partial charge in [0.2, 0.25) is 0 Å². The second kappa shape index (κ2) is 4.62. The smallest absolute Gasteiger partial charge is 0.142 e. The van der Waals surface area contributed by atoms with Crippen molar-refractivity contribution in [3.8, 4) is 5.75 Å². The Morgan fingerprint density at radius 3 is 2.80 bits per heavy atom. The molecular formula is C12H20N2O. The zero-order valence-corrected chi connectivity index (χ0v) is 9.95. The SMILES string of the molecule is CCC(C)C(C)(N)c1ncccc1OC. The van der Waals surface area contributed by atoms with Gasteiger partial charge in [-0.05, 0) is 25.0 Å². The zero-order chi connectivity index (χ0) is 11.5. The minimum absolute atomic E-state index is 0.362. The Labute approximate surface area is 91.7 Å². The summed E-state index contributed by atoms with van der Waals surface area (Å²) in [6, 6.07) is 3.75. The molecule has 0 amide bonds. The van der Waals surface area contributed by atoms with E-state index in [1.165, 1.54) is 0 Å². The fourth-order valence-electron chi connectivity index (χ4n) is 1.62. The van der Waals surface area contributed by atoms with E-state index in [-0.39, 0.29) is 0 Å². The van der Waals surface area contributed by atoms with Gasteiger partial charge in [0.15, 0.2) is 0 Å². The molecule has 0 saturated heterocycles. The molecule has 2 unspecified atom stereocenters. The van der Waals surface area contributed by atoms with E-state index in [0.717, 1.165) is 17.9 Å². The number of hydrogen-bond acceptors (Lipinski definition) is 3. The van der Waals surface area contributed by atoms with Gasteiger partial charge in [0.25, 0.3) is 0 Å². The molecule has 0 saturated carbocycles. The molecule has 0 aromatic carbocycles. The normalized spacial score (nSPS) is 16.9. The van der Waals surface area contributed by atoms with Gasteiger partial charge in [0, 0.05) is 6.20 Å². The number of nitrogens with zero attached hydrogens (tertiary/aromatic N) is 1. The van der Waals surface area contributed by atoms with Gasteiger partial charge in [-0.15, -0.1) is 0 Å². The van der Waals surface area contributed by atoms with Crippen LogP contribution in [-0.4, -0.2) is 12.1 Å². The predicted octanol–water partition coefficient (Wildman–Crippen LogP) is 2.31. The Kier molecular flexibility index (Phi) is 3.69. The number of ether oxygens (including phenoxy) is 1. The first-order chi connectivity index (χ1) is 7.04. The minimum atomic E-state index is -0.443. The molecule has 2 atom stereocenters. The lowest BCUT2D eigenvalue weighted by atomic mass is 9.82. The van der Waals surface area contributed by atoms with Crippen molar-refractivity contribution in [2.45, 2.75) is 32.7 Å². The van der Waals surface area contributed by atoms with Crippen LogP contribution < -0.4 is 10.5 Å². The van der Waals surface area contributed by atoms with Crippen molar-refractivity contribution < 1.29 is 4.74 Å².